The Kier molecular flexibility index (Phi) is 4.84. The Balaban J connectivity index is 2.54. The highest BCUT2D eigenvalue weighted by Gasteiger charge is 2.22. The highest BCUT2D eigenvalue weighted by molar-refractivity contribution is 6.31. The van der Waals surface area contributed by atoms with E-state index >= 15 is 0 Å². The van der Waals surface area contributed by atoms with Crippen molar-refractivity contribution in [3.8, 4) is 0 Å². The highest BCUT2D eigenvalue weighted by atomic mass is 35.5. The molecule has 0 aliphatic heterocycles. The summed E-state index contributed by atoms with van der Waals surface area (Å²) in [7, 11) is 0. The van der Waals surface area contributed by atoms with Gasteiger partial charge in [0, 0.05) is 22.7 Å². The van der Waals surface area contributed by atoms with E-state index in [0.717, 1.165) is 29.2 Å². The summed E-state index contributed by atoms with van der Waals surface area (Å²) < 4.78 is 0. The van der Waals surface area contributed by atoms with Crippen molar-refractivity contribution in [2.45, 2.75) is 27.2 Å². The number of halogens is 1. The van der Waals surface area contributed by atoms with Gasteiger partial charge in [0.25, 0.3) is 0 Å². The van der Waals surface area contributed by atoms with Crippen LogP contribution in [0.5, 0.6) is 0 Å². The zero-order chi connectivity index (χ0) is 13.8. The van der Waals surface area contributed by atoms with Crippen LogP contribution in [0.25, 0.3) is 0 Å². The Bertz CT molecular complexity index is 444. The van der Waals surface area contributed by atoms with Gasteiger partial charge >= 0.3 is 0 Å². The third-order valence-corrected chi connectivity index (χ3v) is 3.46. The van der Waals surface area contributed by atoms with Gasteiger partial charge in [0.15, 0.2) is 0 Å². The summed E-state index contributed by atoms with van der Waals surface area (Å²) in [5.74, 6) is 0.242. The third kappa shape index (κ3) is 3.81. The number of anilines is 1. The summed E-state index contributed by atoms with van der Waals surface area (Å²) in [5.41, 5.74) is 7.32. The minimum absolute atomic E-state index is 0.242. The molecule has 5 heteroatoms. The fraction of sp³-hybridized carbons (Fsp3) is 0.462. The number of aryl methyl sites for hydroxylation is 1. The number of amidine groups is 1. The molecule has 100 valence electrons. The second-order valence-electron chi connectivity index (χ2n) is 5.01. The van der Waals surface area contributed by atoms with Crippen molar-refractivity contribution in [2.24, 2.45) is 16.3 Å². The van der Waals surface area contributed by atoms with Gasteiger partial charge in [-0.1, -0.05) is 36.7 Å². The van der Waals surface area contributed by atoms with Crippen LogP contribution in [0.4, 0.5) is 5.69 Å². The first-order valence-electron chi connectivity index (χ1n) is 5.85. The topological polar surface area (TPSA) is 70.6 Å². The van der Waals surface area contributed by atoms with Crippen LogP contribution in [-0.4, -0.2) is 17.6 Å². The molecule has 0 heterocycles. The Morgan fingerprint density at radius 2 is 2.17 bits per heavy atom. The third-order valence-electron chi connectivity index (χ3n) is 3.05. The lowest BCUT2D eigenvalue weighted by atomic mass is 9.88. The van der Waals surface area contributed by atoms with E-state index in [4.69, 9.17) is 22.5 Å². The zero-order valence-electron chi connectivity index (χ0n) is 11.0. The lowest BCUT2D eigenvalue weighted by Crippen LogP contribution is -2.33. The number of rotatable bonds is 5. The maximum absolute atomic E-state index is 8.68. The van der Waals surface area contributed by atoms with E-state index in [9.17, 15) is 0 Å². The Labute approximate surface area is 113 Å². The Hall–Kier alpha value is -1.42. The van der Waals surface area contributed by atoms with Crippen LogP contribution in [0.15, 0.2) is 23.4 Å². The van der Waals surface area contributed by atoms with Gasteiger partial charge in [-0.15, -0.1) is 0 Å². The first kappa shape index (κ1) is 14.6. The van der Waals surface area contributed by atoms with Crippen molar-refractivity contribution in [2.75, 3.05) is 11.9 Å². The number of hydrogen-bond donors (Lipinski definition) is 3. The molecule has 0 radical (unpaired) electrons. The predicted molar refractivity (Wildman–Crippen MR) is 76.5 cm³/mol. The van der Waals surface area contributed by atoms with Crippen LogP contribution in [0.3, 0.4) is 0 Å². The van der Waals surface area contributed by atoms with Crippen LogP contribution >= 0.6 is 11.6 Å². The summed E-state index contributed by atoms with van der Waals surface area (Å²) in [6.45, 7) is 6.56. The average Bonchev–Trinajstić information content (AvgIpc) is 2.32. The van der Waals surface area contributed by atoms with Crippen molar-refractivity contribution < 1.29 is 5.21 Å². The number of oxime groups is 1. The van der Waals surface area contributed by atoms with Gasteiger partial charge in [-0.2, -0.15) is 0 Å². The molecule has 18 heavy (non-hydrogen) atoms. The fourth-order valence-electron chi connectivity index (χ4n) is 1.49. The van der Waals surface area contributed by atoms with Crippen LogP contribution in [0.2, 0.25) is 5.02 Å². The maximum atomic E-state index is 8.68. The Morgan fingerprint density at radius 3 is 2.72 bits per heavy atom. The van der Waals surface area contributed by atoms with Crippen molar-refractivity contribution in [3.63, 3.8) is 0 Å². The van der Waals surface area contributed by atoms with Crippen molar-refractivity contribution in [1.29, 1.82) is 0 Å². The maximum Gasteiger partial charge on any atom is 0.144 e. The van der Waals surface area contributed by atoms with E-state index in [0.29, 0.717) is 0 Å². The van der Waals surface area contributed by atoms with Crippen LogP contribution in [-0.2, 0) is 0 Å². The first-order valence-corrected chi connectivity index (χ1v) is 6.22. The molecule has 1 aromatic carbocycles. The SMILES string of the molecule is Cc1ccc(NCCC(C)(C)C(N)=NO)cc1Cl. The van der Waals surface area contributed by atoms with Gasteiger partial charge in [-0.3, -0.25) is 0 Å². The minimum Gasteiger partial charge on any atom is -0.409 e. The molecule has 0 amide bonds. The quantitative estimate of drug-likeness (QED) is 0.333. The molecule has 4 nitrogen and oxygen atoms in total. The van der Waals surface area contributed by atoms with Gasteiger partial charge in [0.05, 0.1) is 0 Å². The number of nitrogens with two attached hydrogens (primary N) is 1. The van der Waals surface area contributed by atoms with E-state index in [-0.39, 0.29) is 11.3 Å². The average molecular weight is 270 g/mol. The molecule has 0 saturated carbocycles. The van der Waals surface area contributed by atoms with Crippen molar-refractivity contribution in [1.82, 2.24) is 0 Å². The fourth-order valence-corrected chi connectivity index (χ4v) is 1.67. The van der Waals surface area contributed by atoms with Gasteiger partial charge in [0.1, 0.15) is 5.84 Å². The van der Waals surface area contributed by atoms with Crippen LogP contribution in [0, 0.1) is 12.3 Å². The molecule has 1 aromatic rings. The van der Waals surface area contributed by atoms with E-state index in [1.54, 1.807) is 0 Å². The molecule has 0 unspecified atom stereocenters. The second-order valence-corrected chi connectivity index (χ2v) is 5.42. The molecular weight excluding hydrogens is 250 g/mol. The van der Waals surface area contributed by atoms with Gasteiger partial charge in [0.2, 0.25) is 0 Å². The first-order chi connectivity index (χ1) is 8.36. The molecular formula is C13H20ClN3O. The molecule has 4 N–H and O–H groups in total. The van der Waals surface area contributed by atoms with Crippen LogP contribution < -0.4 is 11.1 Å². The van der Waals surface area contributed by atoms with Gasteiger partial charge < -0.3 is 16.3 Å². The summed E-state index contributed by atoms with van der Waals surface area (Å²) >= 11 is 6.04. The molecule has 0 aliphatic carbocycles. The zero-order valence-corrected chi connectivity index (χ0v) is 11.8. The molecule has 0 spiro atoms. The monoisotopic (exact) mass is 269 g/mol. The summed E-state index contributed by atoms with van der Waals surface area (Å²) in [5, 5.41) is 15.8. The van der Waals surface area contributed by atoms with Gasteiger partial charge in [-0.05, 0) is 31.0 Å². The molecule has 0 fully saturated rings. The van der Waals surface area contributed by atoms with Crippen molar-refractivity contribution >= 4 is 23.1 Å². The smallest absolute Gasteiger partial charge is 0.144 e. The molecule has 0 bridgehead atoms. The second kappa shape index (κ2) is 5.96. The van der Waals surface area contributed by atoms with Crippen LogP contribution in [0.1, 0.15) is 25.8 Å². The predicted octanol–water partition coefficient (Wildman–Crippen LogP) is 3.22. The molecule has 0 aromatic heterocycles. The summed E-state index contributed by atoms with van der Waals surface area (Å²) in [6.07, 6.45) is 0.758. The van der Waals surface area contributed by atoms with E-state index in [1.165, 1.54) is 0 Å². The van der Waals surface area contributed by atoms with Gasteiger partial charge in [-0.25, -0.2) is 0 Å². The largest absolute Gasteiger partial charge is 0.409 e. The lowest BCUT2D eigenvalue weighted by Gasteiger charge is -2.23. The minimum atomic E-state index is -0.337. The highest BCUT2D eigenvalue weighted by Crippen LogP contribution is 2.22. The van der Waals surface area contributed by atoms with E-state index < -0.39 is 0 Å². The molecule has 0 saturated heterocycles. The number of benzene rings is 1. The normalized spacial score (nSPS) is 12.6. The number of nitrogens with zero attached hydrogens (tertiary/aromatic N) is 1. The van der Waals surface area contributed by atoms with E-state index in [2.05, 4.69) is 10.5 Å². The number of nitrogens with one attached hydrogen (secondary N) is 1. The number of hydrogen-bond acceptors (Lipinski definition) is 3. The van der Waals surface area contributed by atoms with Crippen molar-refractivity contribution in [3.05, 3.63) is 28.8 Å². The van der Waals surface area contributed by atoms with E-state index in [1.807, 2.05) is 39.0 Å². The lowest BCUT2D eigenvalue weighted by molar-refractivity contribution is 0.306. The summed E-state index contributed by atoms with van der Waals surface area (Å²) in [6, 6.07) is 5.85. The summed E-state index contributed by atoms with van der Waals surface area (Å²) in [4.78, 5) is 0. The molecule has 0 atom stereocenters. The molecule has 1 rings (SSSR count). The molecule has 0 aliphatic rings. The standard InChI is InChI=1S/C13H20ClN3O/c1-9-4-5-10(8-11(9)14)16-7-6-13(2,3)12(15)17-18/h4-5,8,16,18H,6-7H2,1-3H3,(H2,15,17). The Morgan fingerprint density at radius 1 is 1.50 bits per heavy atom.